The summed E-state index contributed by atoms with van der Waals surface area (Å²) in [7, 11) is 0. The van der Waals surface area contributed by atoms with E-state index >= 15 is 0 Å². The molecule has 1 aromatic rings. The van der Waals surface area contributed by atoms with Gasteiger partial charge in [0.05, 0.1) is 0 Å². The van der Waals surface area contributed by atoms with Crippen LogP contribution in [0.15, 0.2) is 43.1 Å². The molecule has 0 radical (unpaired) electrons. The van der Waals surface area contributed by atoms with E-state index in [1.165, 1.54) is 19.3 Å². The van der Waals surface area contributed by atoms with Crippen LogP contribution in [0.2, 0.25) is 0 Å². The van der Waals surface area contributed by atoms with Crippen molar-refractivity contribution < 1.29 is 4.84 Å². The van der Waals surface area contributed by atoms with Crippen LogP contribution in [-0.2, 0) is 0 Å². The predicted molar refractivity (Wildman–Crippen MR) is 77.4 cm³/mol. The molecule has 3 rings (SSSR count). The number of piperidine rings is 1. The summed E-state index contributed by atoms with van der Waals surface area (Å²) >= 11 is 0. The van der Waals surface area contributed by atoms with Crippen molar-refractivity contribution in [2.45, 2.75) is 25.4 Å². The number of fused-ring (bicyclic) bond motifs is 1. The third-order valence-electron chi connectivity index (χ3n) is 3.76. The summed E-state index contributed by atoms with van der Waals surface area (Å²) < 4.78 is 0. The number of nitrogens with zero attached hydrogens (tertiary/aromatic N) is 2. The highest BCUT2D eigenvalue weighted by Gasteiger charge is 2.25. The lowest BCUT2D eigenvalue weighted by Gasteiger charge is -2.39. The van der Waals surface area contributed by atoms with Crippen LogP contribution in [0.3, 0.4) is 0 Å². The molecule has 1 aromatic carbocycles. The third kappa shape index (κ3) is 2.51. The summed E-state index contributed by atoms with van der Waals surface area (Å²) in [6.45, 7) is 6.20. The number of para-hydroxylation sites is 1. The Morgan fingerprint density at radius 1 is 1.16 bits per heavy atom. The molecule has 1 fully saturated rings. The van der Waals surface area contributed by atoms with Gasteiger partial charge in [0.15, 0.2) is 5.75 Å². The van der Waals surface area contributed by atoms with Crippen LogP contribution in [0.5, 0.6) is 5.75 Å². The summed E-state index contributed by atoms with van der Waals surface area (Å²) in [5.74, 6) is 0.911. The maximum atomic E-state index is 5.97. The summed E-state index contributed by atoms with van der Waals surface area (Å²) in [5.41, 5.74) is 1.13. The van der Waals surface area contributed by atoms with Crippen LogP contribution in [-0.4, -0.2) is 29.2 Å². The molecule has 2 heterocycles. The number of rotatable bonds is 3. The minimum atomic E-state index is 0.116. The molecule has 0 N–H and O–H groups in total. The van der Waals surface area contributed by atoms with Crippen molar-refractivity contribution in [3.05, 3.63) is 48.7 Å². The van der Waals surface area contributed by atoms with E-state index in [9.17, 15) is 0 Å². The number of benzene rings is 1. The first-order valence-corrected chi connectivity index (χ1v) is 6.98. The molecular weight excluding hydrogens is 236 g/mol. The lowest BCUT2D eigenvalue weighted by atomic mass is 10.1. The average Bonchev–Trinajstić information content (AvgIpc) is 2.49. The first-order chi connectivity index (χ1) is 9.38. The number of likely N-dealkylation sites (tertiary alicyclic amines) is 1. The Morgan fingerprint density at radius 3 is 2.74 bits per heavy atom. The zero-order valence-corrected chi connectivity index (χ0v) is 11.2. The Kier molecular flexibility index (Phi) is 3.56. The normalized spacial score (nSPS) is 20.5. The van der Waals surface area contributed by atoms with Crippen LogP contribution >= 0.6 is 0 Å². The Morgan fingerprint density at radius 2 is 1.95 bits per heavy atom. The van der Waals surface area contributed by atoms with Gasteiger partial charge in [0.2, 0.25) is 0 Å². The summed E-state index contributed by atoms with van der Waals surface area (Å²) in [5, 5.41) is 1.90. The van der Waals surface area contributed by atoms with Gasteiger partial charge in [-0.2, -0.15) is 5.06 Å². The minimum absolute atomic E-state index is 0.116. The van der Waals surface area contributed by atoms with Crippen molar-refractivity contribution in [1.82, 2.24) is 9.96 Å². The fraction of sp³-hybridized carbons (Fsp3) is 0.375. The maximum Gasteiger partial charge on any atom is 0.162 e. The Labute approximate surface area is 114 Å². The standard InChI is InChI=1S/C16H20N2O/c1-2-16(17-11-6-3-7-12-17)18-13-10-14-8-4-5-9-15(14)19-18/h2,4-5,8-10,13,16H,1,3,6-7,11-12H2. The van der Waals surface area contributed by atoms with Crippen LogP contribution in [0.4, 0.5) is 0 Å². The molecule has 0 aromatic heterocycles. The van der Waals surface area contributed by atoms with Gasteiger partial charge in [-0.05, 0) is 25.0 Å². The topological polar surface area (TPSA) is 15.7 Å². The largest absolute Gasteiger partial charge is 0.378 e. The first kappa shape index (κ1) is 12.3. The Hall–Kier alpha value is -1.74. The van der Waals surface area contributed by atoms with Gasteiger partial charge in [-0.1, -0.05) is 37.3 Å². The van der Waals surface area contributed by atoms with Gasteiger partial charge < -0.3 is 4.84 Å². The second-order valence-corrected chi connectivity index (χ2v) is 5.05. The Balaban J connectivity index is 1.77. The molecule has 3 nitrogen and oxygen atoms in total. The SMILES string of the molecule is C=CC(N1CCCCC1)N1C=Cc2ccccc2O1. The molecule has 0 amide bonds. The quantitative estimate of drug-likeness (QED) is 0.772. The average molecular weight is 256 g/mol. The van der Waals surface area contributed by atoms with Gasteiger partial charge in [0, 0.05) is 24.9 Å². The molecule has 1 saturated heterocycles. The van der Waals surface area contributed by atoms with E-state index < -0.39 is 0 Å². The number of hydrogen-bond acceptors (Lipinski definition) is 3. The van der Waals surface area contributed by atoms with E-state index in [-0.39, 0.29) is 6.17 Å². The van der Waals surface area contributed by atoms with E-state index in [4.69, 9.17) is 4.84 Å². The monoisotopic (exact) mass is 256 g/mol. The van der Waals surface area contributed by atoms with Crippen molar-refractivity contribution in [2.24, 2.45) is 0 Å². The fourth-order valence-corrected chi connectivity index (χ4v) is 2.74. The summed E-state index contributed by atoms with van der Waals surface area (Å²) in [4.78, 5) is 8.40. The van der Waals surface area contributed by atoms with E-state index in [1.807, 2.05) is 35.5 Å². The van der Waals surface area contributed by atoms with Gasteiger partial charge in [0.25, 0.3) is 0 Å². The molecule has 19 heavy (non-hydrogen) atoms. The summed E-state index contributed by atoms with van der Waals surface area (Å²) in [6, 6.07) is 8.09. The molecule has 100 valence electrons. The number of hydroxylamine groups is 2. The smallest absolute Gasteiger partial charge is 0.162 e. The molecule has 2 aliphatic rings. The number of hydrogen-bond donors (Lipinski definition) is 0. The van der Waals surface area contributed by atoms with Gasteiger partial charge in [-0.3, -0.25) is 4.90 Å². The molecule has 0 saturated carbocycles. The molecular formula is C16H20N2O. The van der Waals surface area contributed by atoms with Gasteiger partial charge in [-0.25, -0.2) is 0 Å². The molecule has 0 bridgehead atoms. The van der Waals surface area contributed by atoms with Crippen LogP contribution in [0.25, 0.3) is 6.08 Å². The van der Waals surface area contributed by atoms with Crippen LogP contribution in [0.1, 0.15) is 24.8 Å². The van der Waals surface area contributed by atoms with E-state index in [1.54, 1.807) is 0 Å². The van der Waals surface area contributed by atoms with Crippen molar-refractivity contribution >= 4 is 6.08 Å². The van der Waals surface area contributed by atoms with Crippen molar-refractivity contribution in [2.75, 3.05) is 13.1 Å². The fourth-order valence-electron chi connectivity index (χ4n) is 2.74. The van der Waals surface area contributed by atoms with E-state index in [0.29, 0.717) is 0 Å². The molecule has 2 aliphatic heterocycles. The zero-order chi connectivity index (χ0) is 13.1. The zero-order valence-electron chi connectivity index (χ0n) is 11.2. The highest BCUT2D eigenvalue weighted by atomic mass is 16.7. The molecule has 3 heteroatoms. The van der Waals surface area contributed by atoms with Crippen LogP contribution < -0.4 is 4.84 Å². The molecule has 1 unspecified atom stereocenters. The second-order valence-electron chi connectivity index (χ2n) is 5.05. The van der Waals surface area contributed by atoms with E-state index in [2.05, 4.69) is 23.6 Å². The predicted octanol–water partition coefficient (Wildman–Crippen LogP) is 3.26. The highest BCUT2D eigenvalue weighted by Crippen LogP contribution is 2.27. The van der Waals surface area contributed by atoms with Crippen molar-refractivity contribution in [3.63, 3.8) is 0 Å². The van der Waals surface area contributed by atoms with Gasteiger partial charge in [-0.15, -0.1) is 0 Å². The minimum Gasteiger partial charge on any atom is -0.378 e. The lowest BCUT2D eigenvalue weighted by Crippen LogP contribution is -2.48. The molecule has 0 aliphatic carbocycles. The highest BCUT2D eigenvalue weighted by molar-refractivity contribution is 5.58. The molecule has 0 spiro atoms. The second kappa shape index (κ2) is 5.49. The first-order valence-electron chi connectivity index (χ1n) is 6.98. The summed E-state index contributed by atoms with van der Waals surface area (Å²) in [6.07, 6.45) is 10.0. The van der Waals surface area contributed by atoms with Gasteiger partial charge in [0.1, 0.15) is 6.17 Å². The van der Waals surface area contributed by atoms with Crippen molar-refractivity contribution in [1.29, 1.82) is 0 Å². The van der Waals surface area contributed by atoms with Crippen molar-refractivity contribution in [3.8, 4) is 5.75 Å². The maximum absolute atomic E-state index is 5.97. The van der Waals surface area contributed by atoms with Gasteiger partial charge >= 0.3 is 0 Å². The Bertz CT molecular complexity index is 477. The molecule has 1 atom stereocenters. The van der Waals surface area contributed by atoms with E-state index in [0.717, 1.165) is 24.4 Å². The lowest BCUT2D eigenvalue weighted by molar-refractivity contribution is -0.0913. The third-order valence-corrected chi connectivity index (χ3v) is 3.76. The van der Waals surface area contributed by atoms with Crippen LogP contribution in [0, 0.1) is 0 Å².